The zero-order valence-electron chi connectivity index (χ0n) is 23.9. The summed E-state index contributed by atoms with van der Waals surface area (Å²) >= 11 is 0. The molecule has 0 radical (unpaired) electrons. The van der Waals surface area contributed by atoms with Crippen molar-refractivity contribution >= 4 is 43.6 Å². The number of imidazole rings is 1. The molecule has 6 aromatic rings. The fraction of sp³-hybridized carbons (Fsp3) is 0.172. The van der Waals surface area contributed by atoms with Gasteiger partial charge in [-0.1, -0.05) is 0 Å². The van der Waals surface area contributed by atoms with Crippen LogP contribution >= 0.6 is 0 Å². The minimum absolute atomic E-state index is 0.0676. The van der Waals surface area contributed by atoms with Gasteiger partial charge in [-0.15, -0.1) is 0 Å². The number of aromatic amines is 2. The average molecular weight is 615 g/mol. The maximum absolute atomic E-state index is 14.6. The third-order valence-corrected chi connectivity index (χ3v) is 7.29. The van der Waals surface area contributed by atoms with Crippen LogP contribution in [0.2, 0.25) is 0 Å². The van der Waals surface area contributed by atoms with Crippen LogP contribution in [0.25, 0.3) is 56.0 Å². The number of likely N-dealkylation sites (N-methyl/N-ethyl adjacent to an activating group) is 1. The van der Waals surface area contributed by atoms with Crippen molar-refractivity contribution in [1.29, 1.82) is 0 Å². The van der Waals surface area contributed by atoms with E-state index in [9.17, 15) is 17.6 Å². The van der Waals surface area contributed by atoms with Gasteiger partial charge in [0, 0.05) is 35.5 Å². The lowest BCUT2D eigenvalue weighted by Gasteiger charge is -2.10. The topological polar surface area (TPSA) is 175 Å². The van der Waals surface area contributed by atoms with Gasteiger partial charge in [0.25, 0.3) is 0 Å². The monoisotopic (exact) mass is 614 g/mol. The molecule has 1 aromatic carbocycles. The highest BCUT2D eigenvalue weighted by Gasteiger charge is 2.18. The summed E-state index contributed by atoms with van der Waals surface area (Å²) in [6.07, 6.45) is 7.52. The maximum atomic E-state index is 14.6. The number of hydrogen-bond donors (Lipinski definition) is 4. The zero-order chi connectivity index (χ0) is 31.0. The van der Waals surface area contributed by atoms with E-state index in [2.05, 4.69) is 40.2 Å². The molecule has 15 heteroatoms. The maximum Gasteiger partial charge on any atom is 0.238 e. The number of fused-ring (bicyclic) bond motifs is 2. The Labute approximate surface area is 251 Å². The Bertz CT molecular complexity index is 2140. The number of carbonyl (C=O) groups excluding carboxylic acids is 1. The molecule has 0 aliphatic heterocycles. The number of nitrogens with one attached hydrogen (secondary N) is 4. The lowest BCUT2D eigenvalue weighted by atomic mass is 10.1. The second kappa shape index (κ2) is 11.5. The summed E-state index contributed by atoms with van der Waals surface area (Å²) in [6.45, 7) is 0.171. The molecule has 224 valence electrons. The number of hydrogen-bond acceptors (Lipinski definition) is 9. The van der Waals surface area contributed by atoms with E-state index in [0.29, 0.717) is 61.8 Å². The summed E-state index contributed by atoms with van der Waals surface area (Å²) in [7, 11) is 0.168. The number of halogens is 1. The van der Waals surface area contributed by atoms with E-state index < -0.39 is 15.8 Å². The minimum atomic E-state index is -3.46. The van der Waals surface area contributed by atoms with Gasteiger partial charge in [0.15, 0.2) is 5.82 Å². The van der Waals surface area contributed by atoms with Crippen LogP contribution in [0.15, 0.2) is 61.2 Å². The number of sulfonamides is 1. The van der Waals surface area contributed by atoms with Crippen LogP contribution in [0.5, 0.6) is 0 Å². The SMILES string of the molecule is CN(C)CC(=O)Nc1cncc(-c2cc3c(-c4nc5c(-c6cc(F)cc(CNS(C)(=O)=O)c6)nccc5[nH]4)n[nH]c3cn2)c1. The van der Waals surface area contributed by atoms with E-state index in [0.717, 1.165) is 11.6 Å². The Kier molecular flexibility index (Phi) is 7.59. The second-order valence-corrected chi connectivity index (χ2v) is 12.4. The van der Waals surface area contributed by atoms with Crippen LogP contribution < -0.4 is 10.0 Å². The van der Waals surface area contributed by atoms with E-state index in [-0.39, 0.29) is 19.0 Å². The zero-order valence-corrected chi connectivity index (χ0v) is 24.7. The Hall–Kier alpha value is -5.12. The number of benzene rings is 1. The quantitative estimate of drug-likeness (QED) is 0.190. The first-order valence-electron chi connectivity index (χ1n) is 13.4. The van der Waals surface area contributed by atoms with Crippen LogP contribution in [0.1, 0.15) is 5.56 Å². The molecular weight excluding hydrogens is 587 g/mol. The van der Waals surface area contributed by atoms with Gasteiger partial charge in [-0.25, -0.2) is 22.5 Å². The van der Waals surface area contributed by atoms with E-state index in [4.69, 9.17) is 4.98 Å². The van der Waals surface area contributed by atoms with Gasteiger partial charge in [-0.3, -0.25) is 24.8 Å². The van der Waals surface area contributed by atoms with Gasteiger partial charge in [0.2, 0.25) is 15.9 Å². The molecule has 4 N–H and O–H groups in total. The minimum Gasteiger partial charge on any atom is -0.336 e. The third kappa shape index (κ3) is 6.29. The highest BCUT2D eigenvalue weighted by Crippen LogP contribution is 2.32. The van der Waals surface area contributed by atoms with Crippen molar-refractivity contribution in [3.8, 4) is 34.0 Å². The van der Waals surface area contributed by atoms with Gasteiger partial charge in [-0.05, 0) is 56.1 Å². The predicted molar refractivity (Wildman–Crippen MR) is 164 cm³/mol. The van der Waals surface area contributed by atoms with Gasteiger partial charge >= 0.3 is 0 Å². The average Bonchev–Trinajstić information content (AvgIpc) is 3.59. The summed E-state index contributed by atoms with van der Waals surface area (Å²) in [5, 5.41) is 11.0. The van der Waals surface area contributed by atoms with Crippen molar-refractivity contribution in [2.24, 2.45) is 0 Å². The van der Waals surface area contributed by atoms with Crippen molar-refractivity contribution in [2.75, 3.05) is 32.2 Å². The first kappa shape index (κ1) is 29.0. The molecule has 0 saturated heterocycles. The molecule has 0 spiro atoms. The molecule has 6 rings (SSSR count). The van der Waals surface area contributed by atoms with Crippen molar-refractivity contribution < 1.29 is 17.6 Å². The number of pyridine rings is 3. The summed E-state index contributed by atoms with van der Waals surface area (Å²) in [5.41, 5.74) is 5.53. The van der Waals surface area contributed by atoms with Gasteiger partial charge in [0.05, 0.1) is 53.3 Å². The summed E-state index contributed by atoms with van der Waals surface area (Å²) < 4.78 is 40.1. The highest BCUT2D eigenvalue weighted by atomic mass is 32.2. The molecule has 0 saturated carbocycles. The molecule has 5 aromatic heterocycles. The van der Waals surface area contributed by atoms with Crippen LogP contribution in [-0.2, 0) is 21.4 Å². The summed E-state index contributed by atoms with van der Waals surface area (Å²) in [6, 6.07) is 9.67. The van der Waals surface area contributed by atoms with E-state index in [1.165, 1.54) is 12.1 Å². The lowest BCUT2D eigenvalue weighted by Crippen LogP contribution is -2.27. The first-order chi connectivity index (χ1) is 21.0. The predicted octanol–water partition coefficient (Wildman–Crippen LogP) is 3.31. The molecule has 0 unspecified atom stereocenters. The fourth-order valence-corrected chi connectivity index (χ4v) is 5.18. The third-order valence-electron chi connectivity index (χ3n) is 6.62. The van der Waals surface area contributed by atoms with Gasteiger partial charge < -0.3 is 15.2 Å². The van der Waals surface area contributed by atoms with E-state index in [1.807, 2.05) is 20.2 Å². The van der Waals surface area contributed by atoms with E-state index >= 15 is 0 Å². The van der Waals surface area contributed by atoms with Gasteiger partial charge in [0.1, 0.15) is 17.0 Å². The molecule has 0 atom stereocenters. The normalized spacial score (nSPS) is 11.9. The van der Waals surface area contributed by atoms with Crippen molar-refractivity contribution in [2.45, 2.75) is 6.54 Å². The number of rotatable bonds is 9. The molecule has 5 heterocycles. The van der Waals surface area contributed by atoms with Crippen molar-refractivity contribution in [3.63, 3.8) is 0 Å². The number of amides is 1. The Morgan fingerprint density at radius 1 is 1.00 bits per heavy atom. The lowest BCUT2D eigenvalue weighted by molar-refractivity contribution is -0.116. The molecule has 0 aliphatic rings. The highest BCUT2D eigenvalue weighted by molar-refractivity contribution is 7.88. The molecular formula is C29H27FN10O3S. The molecule has 1 amide bonds. The molecule has 0 bridgehead atoms. The first-order valence-corrected chi connectivity index (χ1v) is 15.3. The van der Waals surface area contributed by atoms with Crippen molar-refractivity contribution in [3.05, 3.63) is 72.6 Å². The van der Waals surface area contributed by atoms with Crippen LogP contribution in [0.3, 0.4) is 0 Å². The Balaban J connectivity index is 1.36. The smallest absolute Gasteiger partial charge is 0.238 e. The Morgan fingerprint density at radius 3 is 2.64 bits per heavy atom. The number of H-pyrrole nitrogens is 2. The van der Waals surface area contributed by atoms with Crippen molar-refractivity contribution in [1.82, 2.24) is 44.7 Å². The number of aromatic nitrogens is 7. The number of anilines is 1. The van der Waals surface area contributed by atoms with Gasteiger partial charge in [-0.2, -0.15) is 5.10 Å². The summed E-state index contributed by atoms with van der Waals surface area (Å²) in [4.78, 5) is 35.3. The largest absolute Gasteiger partial charge is 0.336 e. The van der Waals surface area contributed by atoms with Crippen LogP contribution in [0, 0.1) is 5.82 Å². The molecule has 0 aliphatic carbocycles. The number of nitrogens with zero attached hydrogens (tertiary/aromatic N) is 6. The molecule has 44 heavy (non-hydrogen) atoms. The van der Waals surface area contributed by atoms with Crippen LogP contribution in [0.4, 0.5) is 10.1 Å². The number of carbonyl (C=O) groups is 1. The second-order valence-electron chi connectivity index (χ2n) is 10.5. The fourth-order valence-electron chi connectivity index (χ4n) is 4.75. The van der Waals surface area contributed by atoms with E-state index in [1.54, 1.807) is 47.9 Å². The van der Waals surface area contributed by atoms with Crippen LogP contribution in [-0.4, -0.2) is 81.2 Å². The molecule has 0 fully saturated rings. The molecule has 13 nitrogen and oxygen atoms in total. The standard InChI is InChI=1S/C29H27FN10O3S/c1-40(2)15-25(41)35-20-9-18(12-31-13-20)23-10-21-24(14-33-23)38-39-27(21)29-36-22-4-5-32-26(28(22)37-29)17-6-16(7-19(30)8-17)11-34-44(3,42)43/h4-10,12-14,34H,11,15H2,1-3H3,(H,35,41)(H,36,37)(H,38,39). The Morgan fingerprint density at radius 2 is 1.84 bits per heavy atom. The summed E-state index contributed by atoms with van der Waals surface area (Å²) in [5.74, 6) is -0.236.